The van der Waals surface area contributed by atoms with Crippen LogP contribution < -0.4 is 5.32 Å². The molecule has 17 unspecified atom stereocenters. The second kappa shape index (κ2) is 49.0. The molecule has 0 aliphatic carbocycles. The van der Waals surface area contributed by atoms with Gasteiger partial charge in [-0.25, -0.2) is 0 Å². The van der Waals surface area contributed by atoms with Gasteiger partial charge in [0.15, 0.2) is 18.9 Å². The fraction of sp³-hybridized carbons (Fsp3) is 0.806. The van der Waals surface area contributed by atoms with E-state index in [4.69, 9.17) is 28.4 Å². The predicted molar refractivity (Wildman–Crippen MR) is 332 cm³/mol. The summed E-state index contributed by atoms with van der Waals surface area (Å²) in [6, 6.07) is -0.888. The van der Waals surface area contributed by atoms with Crippen molar-refractivity contribution in [1.82, 2.24) is 5.32 Å². The first-order valence-corrected chi connectivity index (χ1v) is 33.2. The van der Waals surface area contributed by atoms with Crippen molar-refractivity contribution < 1.29 is 89.4 Å². The monoisotopic (exact) mass is 1220 g/mol. The molecule has 86 heavy (non-hydrogen) atoms. The zero-order valence-electron chi connectivity index (χ0n) is 52.3. The van der Waals surface area contributed by atoms with Crippen LogP contribution in [0, 0.1) is 0 Å². The number of amides is 1. The highest BCUT2D eigenvalue weighted by atomic mass is 16.8. The molecule has 0 radical (unpaired) electrons. The maximum atomic E-state index is 13.3. The van der Waals surface area contributed by atoms with Crippen molar-refractivity contribution in [3.8, 4) is 0 Å². The van der Waals surface area contributed by atoms with Crippen LogP contribution in [0.15, 0.2) is 72.9 Å². The molecule has 3 fully saturated rings. The number of unbranched alkanes of at least 4 members (excludes halogenated alkanes) is 21. The highest BCUT2D eigenvalue weighted by molar-refractivity contribution is 5.76. The van der Waals surface area contributed by atoms with Crippen molar-refractivity contribution in [2.24, 2.45) is 0 Å². The number of rotatable bonds is 49. The van der Waals surface area contributed by atoms with Crippen molar-refractivity contribution in [3.63, 3.8) is 0 Å². The van der Waals surface area contributed by atoms with Crippen molar-refractivity contribution >= 4 is 5.91 Å². The molecule has 0 saturated carbocycles. The van der Waals surface area contributed by atoms with Crippen molar-refractivity contribution in [1.29, 1.82) is 0 Å². The molecule has 0 spiro atoms. The topological polar surface area (TPSA) is 307 Å². The van der Waals surface area contributed by atoms with Crippen LogP contribution in [0.3, 0.4) is 0 Å². The minimum atomic E-state index is -1.97. The summed E-state index contributed by atoms with van der Waals surface area (Å²) in [6.45, 7) is 1.62. The first-order valence-electron chi connectivity index (χ1n) is 33.2. The summed E-state index contributed by atoms with van der Waals surface area (Å²) in [7, 11) is 0. The van der Waals surface area contributed by atoms with Crippen molar-refractivity contribution in [3.05, 3.63) is 72.9 Å². The molecule has 0 aromatic rings. The first kappa shape index (κ1) is 77.5. The van der Waals surface area contributed by atoms with Gasteiger partial charge in [0.2, 0.25) is 5.91 Å². The van der Waals surface area contributed by atoms with Crippen LogP contribution in [0.2, 0.25) is 0 Å². The molecule has 3 heterocycles. The number of allylic oxidation sites excluding steroid dienone is 12. The number of carbonyl (C=O) groups excluding carboxylic acids is 1. The van der Waals surface area contributed by atoms with Crippen LogP contribution in [-0.4, -0.2) is 193 Å². The Kier molecular flexibility index (Phi) is 44.1. The van der Waals surface area contributed by atoms with Gasteiger partial charge >= 0.3 is 0 Å². The van der Waals surface area contributed by atoms with E-state index < -0.39 is 124 Å². The molecular formula is C67H117NO18. The van der Waals surface area contributed by atoms with Gasteiger partial charge in [0.1, 0.15) is 73.2 Å². The zero-order valence-corrected chi connectivity index (χ0v) is 52.3. The molecule has 19 heteroatoms. The summed E-state index contributed by atoms with van der Waals surface area (Å²) in [5.41, 5.74) is 0. The molecule has 3 aliphatic rings. The number of aliphatic hydroxyl groups excluding tert-OH is 11. The Hall–Kier alpha value is -2.77. The second-order valence-corrected chi connectivity index (χ2v) is 23.6. The van der Waals surface area contributed by atoms with Crippen molar-refractivity contribution in [2.75, 3.05) is 26.4 Å². The lowest BCUT2D eigenvalue weighted by Crippen LogP contribution is -2.66. The van der Waals surface area contributed by atoms with E-state index >= 15 is 0 Å². The predicted octanol–water partition coefficient (Wildman–Crippen LogP) is 7.77. The van der Waals surface area contributed by atoms with Crippen LogP contribution in [0.1, 0.15) is 213 Å². The molecule has 1 amide bonds. The molecule has 3 aliphatic heterocycles. The number of carbonyl (C=O) groups is 1. The number of hydrogen-bond donors (Lipinski definition) is 12. The summed E-state index contributed by atoms with van der Waals surface area (Å²) >= 11 is 0. The van der Waals surface area contributed by atoms with E-state index in [-0.39, 0.29) is 18.9 Å². The van der Waals surface area contributed by atoms with Gasteiger partial charge in [-0.05, 0) is 64.2 Å². The first-order chi connectivity index (χ1) is 41.8. The van der Waals surface area contributed by atoms with Gasteiger partial charge in [-0.3, -0.25) is 4.79 Å². The Bertz CT molecular complexity index is 1850. The highest BCUT2D eigenvalue weighted by Crippen LogP contribution is 2.33. The molecule has 17 atom stereocenters. The number of aliphatic hydroxyl groups is 11. The van der Waals surface area contributed by atoms with Gasteiger partial charge in [-0.1, -0.05) is 215 Å². The largest absolute Gasteiger partial charge is 0.394 e. The quantitative estimate of drug-likeness (QED) is 0.0204. The SMILES string of the molecule is CC/C=C\C/C=C\C/C=C\C/C=C\C/C=C\C/C=C\CCCCCCCCCCCCCCCCC(=O)NC(COC1OC(CO)C(OC2OC(CO)C(OC3OC(CO)C(O)C(O)C3O)C(O)C2O)C(O)C1O)C(O)CCCCCCCCCC. The van der Waals surface area contributed by atoms with Gasteiger partial charge in [0.05, 0.1) is 38.6 Å². The van der Waals surface area contributed by atoms with E-state index in [1.54, 1.807) is 0 Å². The minimum absolute atomic E-state index is 0.250. The molecule has 3 rings (SSSR count). The average molecular weight is 1220 g/mol. The van der Waals surface area contributed by atoms with Gasteiger partial charge in [0.25, 0.3) is 0 Å². The fourth-order valence-electron chi connectivity index (χ4n) is 10.9. The van der Waals surface area contributed by atoms with Crippen LogP contribution in [0.5, 0.6) is 0 Å². The lowest BCUT2D eigenvalue weighted by atomic mass is 9.96. The van der Waals surface area contributed by atoms with Crippen LogP contribution >= 0.6 is 0 Å². The number of ether oxygens (including phenoxy) is 6. The summed E-state index contributed by atoms with van der Waals surface area (Å²) in [5.74, 6) is -0.250. The summed E-state index contributed by atoms with van der Waals surface area (Å²) < 4.78 is 34.3. The molecule has 3 saturated heterocycles. The normalized spacial score (nSPS) is 29.2. The van der Waals surface area contributed by atoms with E-state index in [1.807, 2.05) is 0 Å². The molecule has 498 valence electrons. The van der Waals surface area contributed by atoms with Gasteiger partial charge in [0, 0.05) is 6.42 Å². The molecule has 12 N–H and O–H groups in total. The lowest BCUT2D eigenvalue weighted by molar-refractivity contribution is -0.379. The van der Waals surface area contributed by atoms with Crippen LogP contribution in [0.25, 0.3) is 0 Å². The smallest absolute Gasteiger partial charge is 0.220 e. The fourth-order valence-corrected chi connectivity index (χ4v) is 10.9. The Morgan fingerprint density at radius 1 is 0.430 bits per heavy atom. The standard InChI is InChI=1S/C67H117NO18/c1-3-5-7-9-11-13-14-15-16-17-18-19-20-21-22-23-24-25-26-27-28-29-30-31-32-33-34-35-36-37-39-41-43-45-55(73)68-50(51(72)44-42-40-38-12-10-8-6-4-2)49-81-65-61(79)58(76)63(53(47-70)83-65)86-67-62(80)59(77)64(54(48-71)84-67)85-66-60(78)57(75)56(74)52(46-69)82-66/h5,7,11,13,15-16,18-19,21-22,24-25,50-54,56-67,69-72,74-80H,3-4,6,8-10,12,14,17,20,23,26-49H2,1-2H3,(H,68,73)/b7-5-,13-11-,16-15-,19-18-,22-21-,25-24-. The van der Waals surface area contributed by atoms with E-state index in [0.717, 1.165) is 96.3 Å². The van der Waals surface area contributed by atoms with Crippen LogP contribution in [-0.2, 0) is 33.2 Å². The summed E-state index contributed by atoms with van der Waals surface area (Å²) in [4.78, 5) is 13.3. The highest BCUT2D eigenvalue weighted by Gasteiger charge is 2.53. The van der Waals surface area contributed by atoms with Gasteiger partial charge < -0.3 is 89.9 Å². The van der Waals surface area contributed by atoms with E-state index in [2.05, 4.69) is 92.1 Å². The van der Waals surface area contributed by atoms with Crippen molar-refractivity contribution in [2.45, 2.75) is 317 Å². The molecule has 0 aromatic heterocycles. The second-order valence-electron chi connectivity index (χ2n) is 23.6. The Morgan fingerprint density at radius 3 is 1.26 bits per heavy atom. The third kappa shape index (κ3) is 31.3. The van der Waals surface area contributed by atoms with Gasteiger partial charge in [-0.2, -0.15) is 0 Å². The van der Waals surface area contributed by atoms with E-state index in [0.29, 0.717) is 12.8 Å². The molecule has 0 aromatic carbocycles. The minimum Gasteiger partial charge on any atom is -0.394 e. The number of nitrogens with one attached hydrogen (secondary N) is 1. The van der Waals surface area contributed by atoms with E-state index in [9.17, 15) is 61.0 Å². The molecule has 19 nitrogen and oxygen atoms in total. The third-order valence-electron chi connectivity index (χ3n) is 16.3. The molecular weight excluding hydrogens is 1110 g/mol. The zero-order chi connectivity index (χ0) is 62.6. The Balaban J connectivity index is 1.33. The maximum Gasteiger partial charge on any atom is 0.220 e. The van der Waals surface area contributed by atoms with Gasteiger partial charge in [-0.15, -0.1) is 0 Å². The Labute approximate surface area is 515 Å². The maximum absolute atomic E-state index is 13.3. The third-order valence-corrected chi connectivity index (χ3v) is 16.3. The van der Waals surface area contributed by atoms with Crippen LogP contribution in [0.4, 0.5) is 0 Å². The number of hydrogen-bond acceptors (Lipinski definition) is 18. The lowest BCUT2D eigenvalue weighted by Gasteiger charge is -2.48. The van der Waals surface area contributed by atoms with E-state index in [1.165, 1.54) is 83.5 Å². The summed E-state index contributed by atoms with van der Waals surface area (Å²) in [5, 5.41) is 120. The Morgan fingerprint density at radius 2 is 0.802 bits per heavy atom. The molecule has 0 bridgehead atoms. The summed E-state index contributed by atoms with van der Waals surface area (Å²) in [6.07, 6.45) is 33.1. The average Bonchev–Trinajstić information content (AvgIpc) is 3.55.